The monoisotopic (exact) mass is 611 g/mol. The molecule has 0 saturated carbocycles. The highest BCUT2D eigenvalue weighted by Crippen LogP contribution is 2.27. The fourth-order valence-electron chi connectivity index (χ4n) is 5.88. The molecule has 2 heterocycles. The number of alkyl carbamates (subject to hydrolysis) is 1. The van der Waals surface area contributed by atoms with E-state index < -0.39 is 23.8 Å². The Bertz CT molecular complexity index is 1670. The van der Waals surface area contributed by atoms with Crippen LogP contribution in [0.3, 0.4) is 0 Å². The first-order chi connectivity index (χ1) is 21.4. The minimum atomic E-state index is -1.02. The van der Waals surface area contributed by atoms with Gasteiger partial charge in [0.2, 0.25) is 11.8 Å². The number of hydrogen-bond acceptors (Lipinski definition) is 6. The molecule has 45 heavy (non-hydrogen) atoms. The van der Waals surface area contributed by atoms with Gasteiger partial charge in [0.25, 0.3) is 0 Å². The molecule has 0 bridgehead atoms. The van der Waals surface area contributed by atoms with Gasteiger partial charge in [0, 0.05) is 32.4 Å². The number of ether oxygens (including phenoxy) is 1. The van der Waals surface area contributed by atoms with Crippen molar-refractivity contribution >= 4 is 28.9 Å². The second-order valence-electron chi connectivity index (χ2n) is 12.7. The van der Waals surface area contributed by atoms with Crippen molar-refractivity contribution in [3.05, 3.63) is 94.3 Å². The molecule has 10 nitrogen and oxygen atoms in total. The van der Waals surface area contributed by atoms with Gasteiger partial charge in [-0.15, -0.1) is 0 Å². The number of para-hydroxylation sites is 2. The number of nitrogens with one attached hydrogen (secondary N) is 3. The number of benzene rings is 3. The zero-order valence-corrected chi connectivity index (χ0v) is 26.4. The van der Waals surface area contributed by atoms with Crippen LogP contribution in [-0.4, -0.2) is 62.1 Å². The van der Waals surface area contributed by atoms with E-state index in [1.807, 2.05) is 62.4 Å². The Kier molecular flexibility index (Phi) is 9.13. The van der Waals surface area contributed by atoms with Crippen LogP contribution in [0.2, 0.25) is 0 Å². The lowest BCUT2D eigenvalue weighted by atomic mass is 9.91. The number of aromatic hydroxyl groups is 1. The molecule has 3 amide bonds. The molecule has 236 valence electrons. The van der Waals surface area contributed by atoms with Crippen LogP contribution in [0.1, 0.15) is 54.4 Å². The van der Waals surface area contributed by atoms with Crippen molar-refractivity contribution in [2.24, 2.45) is 0 Å². The fourth-order valence-corrected chi connectivity index (χ4v) is 5.88. The topological polar surface area (TPSA) is 137 Å². The molecule has 0 aliphatic carbocycles. The number of H-pyrrole nitrogens is 1. The number of nitrogens with zero attached hydrogens (tertiary/aromatic N) is 2. The van der Waals surface area contributed by atoms with E-state index in [4.69, 9.17) is 4.74 Å². The largest absolute Gasteiger partial charge is 0.508 e. The average Bonchev–Trinajstić information content (AvgIpc) is 3.39. The van der Waals surface area contributed by atoms with Gasteiger partial charge in [-0.3, -0.25) is 9.59 Å². The number of carbonyl (C=O) groups excluding carboxylic acids is 3. The van der Waals surface area contributed by atoms with Crippen LogP contribution >= 0.6 is 0 Å². The van der Waals surface area contributed by atoms with Gasteiger partial charge in [0.15, 0.2) is 0 Å². The number of aromatic amines is 1. The van der Waals surface area contributed by atoms with E-state index in [-0.39, 0.29) is 30.5 Å². The van der Waals surface area contributed by atoms with Crippen molar-refractivity contribution in [3.8, 4) is 5.75 Å². The van der Waals surface area contributed by atoms with Gasteiger partial charge >= 0.3 is 6.09 Å². The number of phenolic OH excluding ortho intramolecular Hbond substituents is 1. The average molecular weight is 612 g/mol. The van der Waals surface area contributed by atoms with E-state index in [0.717, 1.165) is 44.7 Å². The predicted molar refractivity (Wildman–Crippen MR) is 172 cm³/mol. The van der Waals surface area contributed by atoms with E-state index in [1.54, 1.807) is 37.8 Å². The summed E-state index contributed by atoms with van der Waals surface area (Å²) in [5.74, 6) is 0.227. The summed E-state index contributed by atoms with van der Waals surface area (Å²) >= 11 is 0. The maximum absolute atomic E-state index is 14.4. The maximum atomic E-state index is 14.4. The van der Waals surface area contributed by atoms with Crippen LogP contribution in [0.5, 0.6) is 5.75 Å². The summed E-state index contributed by atoms with van der Waals surface area (Å²) in [6.45, 7) is 9.53. The molecule has 0 radical (unpaired) electrons. The highest BCUT2D eigenvalue weighted by Gasteiger charge is 2.38. The molecule has 1 aromatic heterocycles. The zero-order chi connectivity index (χ0) is 32.3. The van der Waals surface area contributed by atoms with Crippen molar-refractivity contribution in [1.82, 2.24) is 25.5 Å². The summed E-state index contributed by atoms with van der Waals surface area (Å²) < 4.78 is 5.52. The summed E-state index contributed by atoms with van der Waals surface area (Å²) in [6.07, 6.45) is 0.280. The Hall–Kier alpha value is -4.86. The number of amides is 3. The Labute approximate surface area is 263 Å². The summed E-state index contributed by atoms with van der Waals surface area (Å²) in [6, 6.07) is 17.0. The lowest BCUT2D eigenvalue weighted by Crippen LogP contribution is -2.58. The first-order valence-electron chi connectivity index (χ1n) is 15.2. The summed E-state index contributed by atoms with van der Waals surface area (Å²) in [7, 11) is 0. The SMILES string of the molecule is Cc1cc(O)cc(C)c1C[C@H](NC(=O)OC(C)(C)C)C(=O)N1Cc2ccccc2C[C@H]1C(=O)NCCc1nc2ccccc2[nH]1. The van der Waals surface area contributed by atoms with Crippen LogP contribution in [-0.2, 0) is 40.1 Å². The van der Waals surface area contributed by atoms with E-state index in [2.05, 4.69) is 20.6 Å². The molecule has 4 aromatic rings. The van der Waals surface area contributed by atoms with Gasteiger partial charge in [-0.1, -0.05) is 36.4 Å². The van der Waals surface area contributed by atoms with Crippen molar-refractivity contribution in [3.63, 3.8) is 0 Å². The number of aryl methyl sites for hydroxylation is 2. The molecule has 5 rings (SSSR count). The predicted octanol–water partition coefficient (Wildman–Crippen LogP) is 4.63. The van der Waals surface area contributed by atoms with Crippen LogP contribution in [0.4, 0.5) is 4.79 Å². The highest BCUT2D eigenvalue weighted by molar-refractivity contribution is 5.92. The third-order valence-corrected chi connectivity index (χ3v) is 8.01. The lowest BCUT2D eigenvalue weighted by molar-refractivity contribution is -0.143. The number of hydrogen-bond donors (Lipinski definition) is 4. The molecule has 3 aromatic carbocycles. The van der Waals surface area contributed by atoms with Gasteiger partial charge < -0.3 is 30.4 Å². The quantitative estimate of drug-likeness (QED) is 0.229. The second-order valence-corrected chi connectivity index (χ2v) is 12.7. The van der Waals surface area contributed by atoms with E-state index in [0.29, 0.717) is 19.4 Å². The summed E-state index contributed by atoms with van der Waals surface area (Å²) in [5.41, 5.74) is 5.39. The Morgan fingerprint density at radius 1 is 1.04 bits per heavy atom. The van der Waals surface area contributed by atoms with Crippen LogP contribution in [0.25, 0.3) is 11.0 Å². The number of fused-ring (bicyclic) bond motifs is 2. The van der Waals surface area contributed by atoms with Crippen LogP contribution in [0, 0.1) is 13.8 Å². The van der Waals surface area contributed by atoms with Crippen molar-refractivity contribution in [1.29, 1.82) is 0 Å². The lowest BCUT2D eigenvalue weighted by Gasteiger charge is -2.38. The molecule has 4 N–H and O–H groups in total. The van der Waals surface area contributed by atoms with Crippen molar-refractivity contribution in [2.45, 2.75) is 78.1 Å². The van der Waals surface area contributed by atoms with Crippen LogP contribution in [0.15, 0.2) is 60.7 Å². The molecule has 2 atom stereocenters. The third kappa shape index (κ3) is 7.63. The van der Waals surface area contributed by atoms with E-state index in [9.17, 15) is 19.5 Å². The number of carbonyl (C=O) groups is 3. The minimum Gasteiger partial charge on any atom is -0.508 e. The Balaban J connectivity index is 1.39. The minimum absolute atomic E-state index is 0.128. The van der Waals surface area contributed by atoms with Gasteiger partial charge in [0.1, 0.15) is 29.3 Å². The number of imidazole rings is 1. The van der Waals surface area contributed by atoms with E-state index >= 15 is 0 Å². The summed E-state index contributed by atoms with van der Waals surface area (Å²) in [5, 5.41) is 15.9. The number of phenols is 1. The molecular formula is C35H41N5O5. The van der Waals surface area contributed by atoms with Gasteiger partial charge in [-0.25, -0.2) is 9.78 Å². The van der Waals surface area contributed by atoms with Gasteiger partial charge in [-0.05, 0) is 86.7 Å². The van der Waals surface area contributed by atoms with Crippen LogP contribution < -0.4 is 10.6 Å². The smallest absolute Gasteiger partial charge is 0.408 e. The normalized spacial score (nSPS) is 15.3. The van der Waals surface area contributed by atoms with E-state index in [1.165, 1.54) is 0 Å². The Morgan fingerprint density at radius 3 is 2.40 bits per heavy atom. The van der Waals surface area contributed by atoms with Gasteiger partial charge in [-0.2, -0.15) is 0 Å². The molecule has 0 spiro atoms. The molecule has 1 aliphatic heterocycles. The van der Waals surface area contributed by atoms with Gasteiger partial charge in [0.05, 0.1) is 11.0 Å². The third-order valence-electron chi connectivity index (χ3n) is 8.01. The molecule has 10 heteroatoms. The standard InChI is InChI=1S/C35H41N5O5/c1-21-16-25(41)17-22(2)26(21)19-29(39-34(44)45-35(3,4)5)33(43)40-20-24-11-7-6-10-23(24)18-30(40)32(42)36-15-14-31-37-27-12-8-9-13-28(27)38-31/h6-13,16-17,29-30,41H,14-15,18-20H2,1-5H3,(H,36,42)(H,37,38)(H,39,44)/t29-,30-/m0/s1. The molecule has 0 saturated heterocycles. The zero-order valence-electron chi connectivity index (χ0n) is 26.4. The van der Waals surface area contributed by atoms with Crippen molar-refractivity contribution < 1.29 is 24.2 Å². The summed E-state index contributed by atoms with van der Waals surface area (Å²) in [4.78, 5) is 50.6. The molecule has 1 aliphatic rings. The molecular weight excluding hydrogens is 570 g/mol. The Morgan fingerprint density at radius 2 is 1.71 bits per heavy atom. The van der Waals surface area contributed by atoms with Crippen molar-refractivity contribution in [2.75, 3.05) is 6.54 Å². The molecule has 0 fully saturated rings. The highest BCUT2D eigenvalue weighted by atomic mass is 16.6. The fraction of sp³-hybridized carbons (Fsp3) is 0.371. The second kappa shape index (κ2) is 13.0. The first-order valence-corrected chi connectivity index (χ1v) is 15.2. The first kappa shape index (κ1) is 31.6. The number of rotatable bonds is 8. The molecule has 0 unspecified atom stereocenters. The maximum Gasteiger partial charge on any atom is 0.408 e. The number of aromatic nitrogens is 2.